The fourth-order valence-electron chi connectivity index (χ4n) is 2.97. The van der Waals surface area contributed by atoms with Gasteiger partial charge in [-0.3, -0.25) is 9.69 Å². The van der Waals surface area contributed by atoms with Gasteiger partial charge in [0.1, 0.15) is 5.76 Å². The van der Waals surface area contributed by atoms with Crippen LogP contribution in [0.4, 0.5) is 5.82 Å². The molecular weight excluding hydrogens is 280 g/mol. The zero-order valence-corrected chi connectivity index (χ0v) is 12.4. The molecule has 2 aliphatic heterocycles. The molecule has 7 heteroatoms. The van der Waals surface area contributed by atoms with Crippen molar-refractivity contribution in [2.24, 2.45) is 0 Å². The third-order valence-corrected chi connectivity index (χ3v) is 3.87. The number of hydrogen-bond acceptors (Lipinski definition) is 5. The van der Waals surface area contributed by atoms with E-state index in [9.17, 15) is 4.79 Å². The molecule has 3 heterocycles. The van der Waals surface area contributed by atoms with Gasteiger partial charge >= 0.3 is 0 Å². The van der Waals surface area contributed by atoms with E-state index >= 15 is 0 Å². The fraction of sp³-hybridized carbons (Fsp3) is 0.692. The minimum absolute atomic E-state index is 0. The highest BCUT2D eigenvalue weighted by Gasteiger charge is 2.29. The number of rotatable bonds is 3. The second-order valence-electron chi connectivity index (χ2n) is 5.53. The Labute approximate surface area is 124 Å². The van der Waals surface area contributed by atoms with Crippen LogP contribution in [0, 0.1) is 6.92 Å². The van der Waals surface area contributed by atoms with Gasteiger partial charge in [0.15, 0.2) is 5.82 Å². The van der Waals surface area contributed by atoms with Crippen LogP contribution in [0.5, 0.6) is 0 Å². The zero-order chi connectivity index (χ0) is 13.2. The van der Waals surface area contributed by atoms with E-state index in [1.54, 1.807) is 13.0 Å². The number of anilines is 1. The van der Waals surface area contributed by atoms with Crippen molar-refractivity contribution < 1.29 is 9.32 Å². The van der Waals surface area contributed by atoms with Crippen molar-refractivity contribution in [2.75, 3.05) is 25.0 Å². The van der Waals surface area contributed by atoms with Crippen LogP contribution in [0.3, 0.4) is 0 Å². The molecule has 0 spiro atoms. The lowest BCUT2D eigenvalue weighted by molar-refractivity contribution is -0.117. The summed E-state index contributed by atoms with van der Waals surface area (Å²) in [5.74, 6) is 1.18. The summed E-state index contributed by atoms with van der Waals surface area (Å²) in [6.07, 6.45) is 3.64. The number of carbonyl (C=O) groups is 1. The first-order chi connectivity index (χ1) is 9.19. The summed E-state index contributed by atoms with van der Waals surface area (Å²) >= 11 is 0. The van der Waals surface area contributed by atoms with Gasteiger partial charge in [0.2, 0.25) is 5.91 Å². The van der Waals surface area contributed by atoms with Crippen LogP contribution in [0.15, 0.2) is 10.6 Å². The summed E-state index contributed by atoms with van der Waals surface area (Å²) in [5, 5.41) is 10.1. The van der Waals surface area contributed by atoms with Crippen LogP contribution in [-0.4, -0.2) is 47.7 Å². The van der Waals surface area contributed by atoms with Crippen molar-refractivity contribution in [1.29, 1.82) is 0 Å². The predicted molar refractivity (Wildman–Crippen MR) is 78.1 cm³/mol. The predicted octanol–water partition coefficient (Wildman–Crippen LogP) is 1.17. The topological polar surface area (TPSA) is 70.4 Å². The number of likely N-dealkylation sites (tertiary alicyclic amines) is 1. The minimum Gasteiger partial charge on any atom is -0.360 e. The molecule has 6 nitrogen and oxygen atoms in total. The molecule has 2 fully saturated rings. The van der Waals surface area contributed by atoms with E-state index in [2.05, 4.69) is 20.7 Å². The Kier molecular flexibility index (Phi) is 5.01. The van der Waals surface area contributed by atoms with Gasteiger partial charge in [-0.2, -0.15) is 0 Å². The van der Waals surface area contributed by atoms with Crippen molar-refractivity contribution in [3.8, 4) is 0 Å². The summed E-state index contributed by atoms with van der Waals surface area (Å²) in [6, 6.07) is 2.93. The number of nitrogens with zero attached hydrogens (tertiary/aromatic N) is 2. The maximum absolute atomic E-state index is 12.0. The summed E-state index contributed by atoms with van der Waals surface area (Å²) in [5.41, 5.74) is 0. The lowest BCUT2D eigenvalue weighted by Gasteiger charge is -2.22. The van der Waals surface area contributed by atoms with Crippen LogP contribution < -0.4 is 10.6 Å². The van der Waals surface area contributed by atoms with Gasteiger partial charge in [0, 0.05) is 31.2 Å². The molecule has 2 aliphatic rings. The van der Waals surface area contributed by atoms with Gasteiger partial charge in [0.25, 0.3) is 0 Å². The highest BCUT2D eigenvalue weighted by atomic mass is 35.5. The van der Waals surface area contributed by atoms with Crippen molar-refractivity contribution in [2.45, 2.75) is 38.3 Å². The highest BCUT2D eigenvalue weighted by molar-refractivity contribution is 5.91. The largest absolute Gasteiger partial charge is 0.360 e. The molecule has 2 N–H and O–H groups in total. The second kappa shape index (κ2) is 6.56. The van der Waals surface area contributed by atoms with E-state index < -0.39 is 0 Å². The summed E-state index contributed by atoms with van der Waals surface area (Å²) in [4.78, 5) is 14.2. The quantitative estimate of drug-likeness (QED) is 0.877. The normalized spacial score (nSPS) is 25.9. The zero-order valence-electron chi connectivity index (χ0n) is 11.6. The maximum atomic E-state index is 12.0. The van der Waals surface area contributed by atoms with Crippen molar-refractivity contribution in [3.63, 3.8) is 0 Å². The maximum Gasteiger partial charge on any atom is 0.239 e. The third-order valence-electron chi connectivity index (χ3n) is 3.87. The number of nitrogens with one attached hydrogen (secondary N) is 2. The van der Waals surface area contributed by atoms with E-state index in [4.69, 9.17) is 4.52 Å². The smallest absolute Gasteiger partial charge is 0.239 e. The molecule has 0 saturated carbocycles. The van der Waals surface area contributed by atoms with E-state index in [1.807, 2.05) is 0 Å². The SMILES string of the molecule is Cc1cc(NC(=O)CN2CCC3CCC(C2)N3)no1.Cl. The molecule has 2 bridgehead atoms. The molecular formula is C13H21ClN4O2. The lowest BCUT2D eigenvalue weighted by Crippen LogP contribution is -2.39. The molecule has 0 aliphatic carbocycles. The fourth-order valence-corrected chi connectivity index (χ4v) is 2.97. The van der Waals surface area contributed by atoms with Gasteiger partial charge in [-0.1, -0.05) is 5.16 Å². The lowest BCUT2D eigenvalue weighted by atomic mass is 10.1. The first-order valence-corrected chi connectivity index (χ1v) is 6.90. The monoisotopic (exact) mass is 300 g/mol. The first-order valence-electron chi connectivity index (χ1n) is 6.90. The third kappa shape index (κ3) is 3.71. The molecule has 1 aromatic heterocycles. The molecule has 2 atom stereocenters. The Bertz CT molecular complexity index is 465. The Balaban J connectivity index is 0.00000147. The number of aryl methyl sites for hydroxylation is 1. The number of fused-ring (bicyclic) bond motifs is 2. The standard InChI is InChI=1S/C13H20N4O2.ClH/c1-9-6-12(16-19-9)15-13(18)8-17-5-4-10-2-3-11(7-17)14-10;/h6,10-11,14H,2-5,7-8H2,1H3,(H,15,16,18);1H. The molecule has 3 rings (SSSR count). The van der Waals surface area contributed by atoms with E-state index in [1.165, 1.54) is 12.8 Å². The minimum atomic E-state index is -0.0222. The first kappa shape index (κ1) is 15.3. The molecule has 20 heavy (non-hydrogen) atoms. The average Bonchev–Trinajstić information content (AvgIpc) is 2.89. The van der Waals surface area contributed by atoms with Gasteiger partial charge < -0.3 is 15.2 Å². The Hall–Kier alpha value is -1.11. The molecule has 0 aromatic carbocycles. The summed E-state index contributed by atoms with van der Waals surface area (Å²) in [6.45, 7) is 4.18. The Morgan fingerprint density at radius 2 is 2.30 bits per heavy atom. The summed E-state index contributed by atoms with van der Waals surface area (Å²) < 4.78 is 4.93. The Morgan fingerprint density at radius 1 is 1.50 bits per heavy atom. The molecule has 1 amide bonds. The average molecular weight is 301 g/mol. The van der Waals surface area contributed by atoms with Crippen molar-refractivity contribution >= 4 is 24.1 Å². The van der Waals surface area contributed by atoms with Gasteiger partial charge in [-0.25, -0.2) is 0 Å². The van der Waals surface area contributed by atoms with E-state index in [0.717, 1.165) is 19.5 Å². The van der Waals surface area contributed by atoms with E-state index in [-0.39, 0.29) is 18.3 Å². The number of aromatic nitrogens is 1. The molecule has 0 radical (unpaired) electrons. The van der Waals surface area contributed by atoms with Gasteiger partial charge in [0.05, 0.1) is 6.54 Å². The molecule has 2 unspecified atom stereocenters. The highest BCUT2D eigenvalue weighted by Crippen LogP contribution is 2.20. The van der Waals surface area contributed by atoms with Crippen molar-refractivity contribution in [3.05, 3.63) is 11.8 Å². The Morgan fingerprint density at radius 3 is 3.05 bits per heavy atom. The number of hydrogen-bond donors (Lipinski definition) is 2. The van der Waals surface area contributed by atoms with Gasteiger partial charge in [-0.15, -0.1) is 12.4 Å². The van der Waals surface area contributed by atoms with Crippen LogP contribution in [0.2, 0.25) is 0 Å². The van der Waals surface area contributed by atoms with Crippen LogP contribution in [0.1, 0.15) is 25.0 Å². The second-order valence-corrected chi connectivity index (χ2v) is 5.53. The number of halogens is 1. The van der Waals surface area contributed by atoms with Crippen LogP contribution in [-0.2, 0) is 4.79 Å². The van der Waals surface area contributed by atoms with Crippen LogP contribution >= 0.6 is 12.4 Å². The number of amides is 1. The molecule has 2 saturated heterocycles. The van der Waals surface area contributed by atoms with Crippen molar-refractivity contribution in [1.82, 2.24) is 15.4 Å². The van der Waals surface area contributed by atoms with Crippen LogP contribution in [0.25, 0.3) is 0 Å². The van der Waals surface area contributed by atoms with E-state index in [0.29, 0.717) is 30.2 Å². The van der Waals surface area contributed by atoms with Gasteiger partial charge in [-0.05, 0) is 26.2 Å². The number of carbonyl (C=O) groups excluding carboxylic acids is 1. The molecule has 1 aromatic rings. The molecule has 112 valence electrons. The summed E-state index contributed by atoms with van der Waals surface area (Å²) in [7, 11) is 0.